The van der Waals surface area contributed by atoms with E-state index in [0.29, 0.717) is 5.92 Å². The molecule has 1 atom stereocenters. The summed E-state index contributed by atoms with van der Waals surface area (Å²) in [5.74, 6) is 0.513. The van der Waals surface area contributed by atoms with E-state index in [1.165, 1.54) is 31.2 Å². The molecule has 2 aromatic carbocycles. The second-order valence-electron chi connectivity index (χ2n) is 5.32. The third kappa shape index (κ3) is 2.08. The van der Waals surface area contributed by atoms with Crippen LogP contribution in [0.5, 0.6) is 0 Å². The fourth-order valence-corrected chi connectivity index (χ4v) is 3.14. The Balaban J connectivity index is 2.02. The molecule has 0 saturated heterocycles. The van der Waals surface area contributed by atoms with Crippen molar-refractivity contribution in [2.24, 2.45) is 0 Å². The Morgan fingerprint density at radius 2 is 1.61 bits per heavy atom. The number of hydrogen-bond donors (Lipinski definition) is 0. The van der Waals surface area contributed by atoms with Crippen molar-refractivity contribution in [3.8, 4) is 0 Å². The maximum absolute atomic E-state index is 2.33. The zero-order valence-electron chi connectivity index (χ0n) is 11.0. The standard InChI is InChI=1S/C18H20/c1-14(15-8-3-2-4-9-15)17-13-7-11-16-10-5-6-12-18(16)17/h2-4,7-9,11,13-14H,5-6,10,12H2,1H3. The van der Waals surface area contributed by atoms with Crippen LogP contribution in [0.15, 0.2) is 48.5 Å². The molecule has 1 aliphatic carbocycles. The van der Waals surface area contributed by atoms with Gasteiger partial charge in [0.25, 0.3) is 0 Å². The van der Waals surface area contributed by atoms with E-state index in [9.17, 15) is 0 Å². The van der Waals surface area contributed by atoms with Crippen LogP contribution in [-0.4, -0.2) is 0 Å². The summed E-state index contributed by atoms with van der Waals surface area (Å²) in [6.45, 7) is 2.33. The zero-order valence-corrected chi connectivity index (χ0v) is 11.0. The lowest BCUT2D eigenvalue weighted by Gasteiger charge is -2.23. The zero-order chi connectivity index (χ0) is 12.4. The van der Waals surface area contributed by atoms with E-state index in [2.05, 4.69) is 55.5 Å². The summed E-state index contributed by atoms with van der Waals surface area (Å²) in [6, 6.07) is 17.7. The number of hydrogen-bond acceptors (Lipinski definition) is 0. The average Bonchev–Trinajstić information content (AvgIpc) is 2.47. The summed E-state index contributed by atoms with van der Waals surface area (Å²) in [5, 5.41) is 0. The van der Waals surface area contributed by atoms with E-state index < -0.39 is 0 Å². The quantitative estimate of drug-likeness (QED) is 0.708. The first kappa shape index (κ1) is 11.5. The van der Waals surface area contributed by atoms with Gasteiger partial charge in [-0.2, -0.15) is 0 Å². The molecule has 2 aromatic rings. The highest BCUT2D eigenvalue weighted by atomic mass is 14.2. The van der Waals surface area contributed by atoms with Crippen molar-refractivity contribution in [1.29, 1.82) is 0 Å². The molecule has 0 fully saturated rings. The Hall–Kier alpha value is -1.56. The summed E-state index contributed by atoms with van der Waals surface area (Å²) < 4.78 is 0. The van der Waals surface area contributed by atoms with Gasteiger partial charge >= 0.3 is 0 Å². The van der Waals surface area contributed by atoms with Gasteiger partial charge in [0.15, 0.2) is 0 Å². The Morgan fingerprint density at radius 1 is 0.833 bits per heavy atom. The van der Waals surface area contributed by atoms with Crippen LogP contribution in [0.1, 0.15) is 47.9 Å². The highest BCUT2D eigenvalue weighted by Crippen LogP contribution is 2.32. The van der Waals surface area contributed by atoms with Crippen LogP contribution in [0, 0.1) is 0 Å². The lowest BCUT2D eigenvalue weighted by molar-refractivity contribution is 0.674. The first-order valence-electron chi connectivity index (χ1n) is 7.02. The third-order valence-corrected chi connectivity index (χ3v) is 4.20. The molecule has 0 N–H and O–H groups in total. The van der Waals surface area contributed by atoms with Crippen molar-refractivity contribution in [2.45, 2.75) is 38.5 Å². The number of rotatable bonds is 2. The monoisotopic (exact) mass is 236 g/mol. The molecule has 0 aliphatic heterocycles. The molecule has 0 heterocycles. The largest absolute Gasteiger partial charge is 0.0622 e. The van der Waals surface area contributed by atoms with E-state index in [1.54, 1.807) is 16.7 Å². The molecule has 0 heteroatoms. The molecule has 0 nitrogen and oxygen atoms in total. The molecular formula is C18H20. The van der Waals surface area contributed by atoms with Crippen molar-refractivity contribution in [2.75, 3.05) is 0 Å². The Morgan fingerprint density at radius 3 is 2.44 bits per heavy atom. The fraction of sp³-hybridized carbons (Fsp3) is 0.333. The van der Waals surface area contributed by atoms with Crippen molar-refractivity contribution >= 4 is 0 Å². The molecule has 0 amide bonds. The summed E-state index contributed by atoms with van der Waals surface area (Å²) in [5.41, 5.74) is 6.18. The minimum Gasteiger partial charge on any atom is -0.0622 e. The SMILES string of the molecule is CC(c1ccccc1)c1cccc2c1CCCC2. The van der Waals surface area contributed by atoms with E-state index >= 15 is 0 Å². The number of benzene rings is 2. The van der Waals surface area contributed by atoms with Crippen LogP contribution < -0.4 is 0 Å². The molecule has 1 unspecified atom stereocenters. The number of fused-ring (bicyclic) bond motifs is 1. The van der Waals surface area contributed by atoms with Crippen LogP contribution in [0.3, 0.4) is 0 Å². The molecule has 18 heavy (non-hydrogen) atoms. The van der Waals surface area contributed by atoms with Gasteiger partial charge in [0.05, 0.1) is 0 Å². The molecule has 1 aliphatic rings. The molecule has 3 rings (SSSR count). The molecule has 0 aromatic heterocycles. The van der Waals surface area contributed by atoms with Gasteiger partial charge in [-0.25, -0.2) is 0 Å². The van der Waals surface area contributed by atoms with E-state index in [1.807, 2.05) is 0 Å². The Bertz CT molecular complexity index is 525. The van der Waals surface area contributed by atoms with Crippen LogP contribution in [0.4, 0.5) is 0 Å². The Labute approximate surface area is 110 Å². The molecular weight excluding hydrogens is 216 g/mol. The molecule has 0 spiro atoms. The molecule has 0 bridgehead atoms. The molecule has 0 radical (unpaired) electrons. The van der Waals surface area contributed by atoms with Gasteiger partial charge in [-0.3, -0.25) is 0 Å². The topological polar surface area (TPSA) is 0 Å². The van der Waals surface area contributed by atoms with Gasteiger partial charge in [0.1, 0.15) is 0 Å². The first-order chi connectivity index (χ1) is 8.86. The number of aryl methyl sites for hydroxylation is 1. The highest BCUT2D eigenvalue weighted by molar-refractivity contribution is 5.42. The lowest BCUT2D eigenvalue weighted by Crippen LogP contribution is -2.08. The van der Waals surface area contributed by atoms with Gasteiger partial charge in [-0.1, -0.05) is 55.5 Å². The second-order valence-corrected chi connectivity index (χ2v) is 5.32. The molecule has 0 saturated carbocycles. The van der Waals surface area contributed by atoms with Crippen molar-refractivity contribution < 1.29 is 0 Å². The smallest absolute Gasteiger partial charge is 0.00638 e. The minimum atomic E-state index is 0.513. The van der Waals surface area contributed by atoms with Crippen molar-refractivity contribution in [3.05, 3.63) is 70.8 Å². The van der Waals surface area contributed by atoms with E-state index in [4.69, 9.17) is 0 Å². The van der Waals surface area contributed by atoms with Crippen LogP contribution in [-0.2, 0) is 12.8 Å². The van der Waals surface area contributed by atoms with Gasteiger partial charge in [-0.05, 0) is 47.9 Å². The summed E-state index contributed by atoms with van der Waals surface area (Å²) in [4.78, 5) is 0. The van der Waals surface area contributed by atoms with E-state index in [-0.39, 0.29) is 0 Å². The van der Waals surface area contributed by atoms with Crippen LogP contribution in [0.25, 0.3) is 0 Å². The van der Waals surface area contributed by atoms with Crippen molar-refractivity contribution in [1.82, 2.24) is 0 Å². The van der Waals surface area contributed by atoms with Crippen LogP contribution in [0.2, 0.25) is 0 Å². The van der Waals surface area contributed by atoms with Crippen LogP contribution >= 0.6 is 0 Å². The maximum atomic E-state index is 2.33. The predicted octanol–water partition coefficient (Wildman–Crippen LogP) is 4.72. The average molecular weight is 236 g/mol. The normalized spacial score (nSPS) is 16.1. The minimum absolute atomic E-state index is 0.513. The Kier molecular flexibility index (Phi) is 3.19. The highest BCUT2D eigenvalue weighted by Gasteiger charge is 2.17. The summed E-state index contributed by atoms with van der Waals surface area (Å²) >= 11 is 0. The van der Waals surface area contributed by atoms with Gasteiger partial charge in [-0.15, -0.1) is 0 Å². The van der Waals surface area contributed by atoms with Gasteiger partial charge in [0.2, 0.25) is 0 Å². The molecule has 92 valence electrons. The first-order valence-corrected chi connectivity index (χ1v) is 7.02. The fourth-order valence-electron chi connectivity index (χ4n) is 3.14. The summed E-state index contributed by atoms with van der Waals surface area (Å²) in [7, 11) is 0. The summed E-state index contributed by atoms with van der Waals surface area (Å²) in [6.07, 6.45) is 5.25. The van der Waals surface area contributed by atoms with Crippen molar-refractivity contribution in [3.63, 3.8) is 0 Å². The second kappa shape index (κ2) is 4.97. The van der Waals surface area contributed by atoms with Gasteiger partial charge < -0.3 is 0 Å². The maximum Gasteiger partial charge on any atom is 0.00638 e. The van der Waals surface area contributed by atoms with E-state index in [0.717, 1.165) is 0 Å². The third-order valence-electron chi connectivity index (χ3n) is 4.20. The van der Waals surface area contributed by atoms with Gasteiger partial charge in [0, 0.05) is 5.92 Å². The lowest BCUT2D eigenvalue weighted by atomic mass is 9.82. The predicted molar refractivity (Wildman–Crippen MR) is 77.0 cm³/mol.